The summed E-state index contributed by atoms with van der Waals surface area (Å²) in [7, 11) is 0. The highest BCUT2D eigenvalue weighted by Crippen LogP contribution is 2.15. The zero-order valence-corrected chi connectivity index (χ0v) is 8.97. The van der Waals surface area contributed by atoms with Crippen LogP contribution in [0.2, 0.25) is 0 Å². The van der Waals surface area contributed by atoms with Crippen LogP contribution < -0.4 is 0 Å². The molecule has 0 radical (unpaired) electrons. The molecule has 62 valence electrons. The molecule has 2 nitrogen and oxygen atoms in total. The summed E-state index contributed by atoms with van der Waals surface area (Å²) in [5.41, 5.74) is 0. The van der Waals surface area contributed by atoms with Crippen LogP contribution in [0.1, 0.15) is 20.8 Å². The minimum atomic E-state index is -0.371. The van der Waals surface area contributed by atoms with Crippen molar-refractivity contribution < 1.29 is 9.47 Å². The molecular weight excluding hydrogens is 243 g/mol. The number of hydrogen-bond donors (Lipinski definition) is 0. The maximum Gasteiger partial charge on any atom is 0.174 e. The predicted octanol–water partition coefficient (Wildman–Crippen LogP) is 2.21. The molecule has 3 heteroatoms. The van der Waals surface area contributed by atoms with Gasteiger partial charge in [-0.2, -0.15) is 0 Å². The van der Waals surface area contributed by atoms with E-state index in [1.807, 2.05) is 20.8 Å². The summed E-state index contributed by atoms with van der Waals surface area (Å²) in [6, 6.07) is 0. The van der Waals surface area contributed by atoms with Crippen molar-refractivity contribution in [3.05, 3.63) is 0 Å². The molecular formula is C7H15IO2. The molecule has 0 atom stereocenters. The fourth-order valence-corrected chi connectivity index (χ4v) is 1.17. The fourth-order valence-electron chi connectivity index (χ4n) is 0.729. The van der Waals surface area contributed by atoms with Crippen LogP contribution in [0.25, 0.3) is 0 Å². The van der Waals surface area contributed by atoms with Gasteiger partial charge in [-0.25, -0.2) is 0 Å². The van der Waals surface area contributed by atoms with Crippen LogP contribution >= 0.6 is 22.6 Å². The molecule has 10 heavy (non-hydrogen) atoms. The Labute approximate surface area is 76.4 Å². The Morgan fingerprint density at radius 1 is 1.20 bits per heavy atom. The number of rotatable bonds is 5. The molecule has 0 spiro atoms. The molecule has 0 aliphatic rings. The highest BCUT2D eigenvalue weighted by Gasteiger charge is 2.22. The second-order valence-electron chi connectivity index (χ2n) is 2.13. The van der Waals surface area contributed by atoms with E-state index in [2.05, 4.69) is 22.6 Å². The second-order valence-corrected chi connectivity index (χ2v) is 2.90. The van der Waals surface area contributed by atoms with Crippen molar-refractivity contribution in [1.29, 1.82) is 0 Å². The zero-order chi connectivity index (χ0) is 8.04. The lowest BCUT2D eigenvalue weighted by atomic mass is 10.4. The van der Waals surface area contributed by atoms with E-state index < -0.39 is 0 Å². The molecule has 0 aromatic rings. The van der Waals surface area contributed by atoms with E-state index in [1.165, 1.54) is 0 Å². The van der Waals surface area contributed by atoms with E-state index in [-0.39, 0.29) is 5.79 Å². The third-order valence-corrected chi connectivity index (χ3v) is 2.53. The molecule has 0 unspecified atom stereocenters. The van der Waals surface area contributed by atoms with Gasteiger partial charge in [0.25, 0.3) is 0 Å². The summed E-state index contributed by atoms with van der Waals surface area (Å²) < 4.78 is 11.6. The minimum absolute atomic E-state index is 0.371. The number of halogens is 1. The first-order chi connectivity index (χ1) is 4.68. The van der Waals surface area contributed by atoms with Crippen molar-refractivity contribution in [2.75, 3.05) is 17.6 Å². The summed E-state index contributed by atoms with van der Waals surface area (Å²) >= 11 is 2.26. The third kappa shape index (κ3) is 3.73. The second kappa shape index (κ2) is 5.32. The lowest BCUT2D eigenvalue weighted by Gasteiger charge is -2.26. The Kier molecular flexibility index (Phi) is 5.67. The molecule has 0 aromatic heterocycles. The molecule has 0 saturated heterocycles. The molecule has 0 rings (SSSR count). The molecule has 0 aromatic carbocycles. The van der Waals surface area contributed by atoms with Gasteiger partial charge >= 0.3 is 0 Å². The topological polar surface area (TPSA) is 18.5 Å². The van der Waals surface area contributed by atoms with Crippen LogP contribution in [0, 0.1) is 0 Å². The normalized spacial score (nSPS) is 12.0. The predicted molar refractivity (Wildman–Crippen MR) is 50.5 cm³/mol. The fraction of sp³-hybridized carbons (Fsp3) is 1.00. The Bertz CT molecular complexity index is 79.7. The van der Waals surface area contributed by atoms with Crippen molar-refractivity contribution in [2.24, 2.45) is 0 Å². The highest BCUT2D eigenvalue weighted by atomic mass is 127. The van der Waals surface area contributed by atoms with Gasteiger partial charge in [0, 0.05) is 13.2 Å². The van der Waals surface area contributed by atoms with Crippen LogP contribution in [0.4, 0.5) is 0 Å². The smallest absolute Gasteiger partial charge is 0.174 e. The molecule has 0 bridgehead atoms. The van der Waals surface area contributed by atoms with Crippen LogP contribution in [-0.2, 0) is 9.47 Å². The first kappa shape index (κ1) is 10.7. The van der Waals surface area contributed by atoms with Crippen molar-refractivity contribution in [3.63, 3.8) is 0 Å². The molecule has 0 aliphatic carbocycles. The van der Waals surface area contributed by atoms with E-state index in [9.17, 15) is 0 Å². The average Bonchev–Trinajstić information content (AvgIpc) is 1.89. The Balaban J connectivity index is 3.69. The van der Waals surface area contributed by atoms with Crippen molar-refractivity contribution in [1.82, 2.24) is 0 Å². The highest BCUT2D eigenvalue weighted by molar-refractivity contribution is 14.1. The van der Waals surface area contributed by atoms with Crippen LogP contribution in [-0.4, -0.2) is 23.4 Å². The lowest BCUT2D eigenvalue weighted by molar-refractivity contribution is -0.202. The quantitative estimate of drug-likeness (QED) is 0.427. The SMILES string of the molecule is CCOC(C)(CI)OCC. The van der Waals surface area contributed by atoms with Gasteiger partial charge in [0.15, 0.2) is 5.79 Å². The monoisotopic (exact) mass is 258 g/mol. The first-order valence-electron chi connectivity index (χ1n) is 3.52. The maximum absolute atomic E-state index is 5.39. The Morgan fingerprint density at radius 3 is 1.80 bits per heavy atom. The van der Waals surface area contributed by atoms with Gasteiger partial charge in [-0.1, -0.05) is 22.6 Å². The van der Waals surface area contributed by atoms with Gasteiger partial charge in [-0.3, -0.25) is 0 Å². The molecule has 0 heterocycles. The zero-order valence-electron chi connectivity index (χ0n) is 6.82. The summed E-state index contributed by atoms with van der Waals surface area (Å²) in [6.45, 7) is 7.33. The van der Waals surface area contributed by atoms with Crippen LogP contribution in [0.3, 0.4) is 0 Å². The van der Waals surface area contributed by atoms with Gasteiger partial charge in [-0.15, -0.1) is 0 Å². The average molecular weight is 258 g/mol. The Morgan fingerprint density at radius 2 is 1.60 bits per heavy atom. The van der Waals surface area contributed by atoms with E-state index in [0.29, 0.717) is 13.2 Å². The minimum Gasteiger partial charge on any atom is -0.350 e. The van der Waals surface area contributed by atoms with Crippen molar-refractivity contribution >= 4 is 22.6 Å². The third-order valence-electron chi connectivity index (χ3n) is 1.14. The maximum atomic E-state index is 5.39. The molecule has 0 fully saturated rings. The number of hydrogen-bond acceptors (Lipinski definition) is 2. The summed E-state index contributed by atoms with van der Waals surface area (Å²) in [5, 5.41) is 0. The summed E-state index contributed by atoms with van der Waals surface area (Å²) in [6.07, 6.45) is 0. The molecule has 0 amide bonds. The van der Waals surface area contributed by atoms with Gasteiger partial charge < -0.3 is 9.47 Å². The Hall–Kier alpha value is 0.650. The van der Waals surface area contributed by atoms with E-state index in [0.717, 1.165) is 4.43 Å². The summed E-state index contributed by atoms with van der Waals surface area (Å²) in [4.78, 5) is 0. The molecule has 0 saturated carbocycles. The van der Waals surface area contributed by atoms with Gasteiger partial charge in [0.2, 0.25) is 0 Å². The van der Waals surface area contributed by atoms with Crippen LogP contribution in [0.15, 0.2) is 0 Å². The van der Waals surface area contributed by atoms with Crippen LogP contribution in [0.5, 0.6) is 0 Å². The number of ether oxygens (including phenoxy) is 2. The standard InChI is InChI=1S/C7H15IO2/c1-4-9-7(3,6-8)10-5-2/h4-6H2,1-3H3. The van der Waals surface area contributed by atoms with Gasteiger partial charge in [0.05, 0.1) is 4.43 Å². The van der Waals surface area contributed by atoms with Gasteiger partial charge in [0.1, 0.15) is 0 Å². The van der Waals surface area contributed by atoms with E-state index in [1.54, 1.807) is 0 Å². The van der Waals surface area contributed by atoms with Crippen molar-refractivity contribution in [3.8, 4) is 0 Å². The molecule has 0 N–H and O–H groups in total. The number of alkyl halides is 1. The largest absolute Gasteiger partial charge is 0.350 e. The van der Waals surface area contributed by atoms with Crippen molar-refractivity contribution in [2.45, 2.75) is 26.6 Å². The lowest BCUT2D eigenvalue weighted by Crippen LogP contribution is -2.34. The summed E-state index contributed by atoms with van der Waals surface area (Å²) in [5.74, 6) is -0.371. The van der Waals surface area contributed by atoms with E-state index in [4.69, 9.17) is 9.47 Å². The first-order valence-corrected chi connectivity index (χ1v) is 5.05. The van der Waals surface area contributed by atoms with Gasteiger partial charge in [-0.05, 0) is 20.8 Å². The van der Waals surface area contributed by atoms with E-state index >= 15 is 0 Å². The molecule has 0 aliphatic heterocycles.